The minimum atomic E-state index is -3.95. The Kier molecular flexibility index (Phi) is 12.5. The van der Waals surface area contributed by atoms with Gasteiger partial charge in [-0.1, -0.05) is 0 Å². The fourth-order valence-corrected chi connectivity index (χ4v) is 2.59. The van der Waals surface area contributed by atoms with Crippen LogP contribution in [0, 0.1) is 0 Å². The Morgan fingerprint density at radius 2 is 1.00 bits per heavy atom. The van der Waals surface area contributed by atoms with Gasteiger partial charge in [-0.25, -0.2) is 0 Å². The van der Waals surface area contributed by atoms with E-state index in [4.69, 9.17) is 0 Å². The zero-order chi connectivity index (χ0) is 12.3. The van der Waals surface area contributed by atoms with Crippen molar-refractivity contribution in [1.29, 1.82) is 0 Å². The van der Waals surface area contributed by atoms with Gasteiger partial charge in [0.1, 0.15) is 0 Å². The molecule has 0 atom stereocenters. The molecule has 0 saturated carbocycles. The summed E-state index contributed by atoms with van der Waals surface area (Å²) < 4.78 is 36.9. The third-order valence-electron chi connectivity index (χ3n) is 2.81. The van der Waals surface area contributed by atoms with E-state index in [1.165, 1.54) is 32.6 Å². The molecule has 0 spiro atoms. The molecule has 0 aliphatic heterocycles. The average Bonchev–Trinajstić information content (AvgIpc) is 2.19. The molecule has 0 amide bonds. The van der Waals surface area contributed by atoms with E-state index in [0.717, 1.165) is 68.2 Å². The van der Waals surface area contributed by atoms with Gasteiger partial charge < -0.3 is 0 Å². The summed E-state index contributed by atoms with van der Waals surface area (Å²) in [5.41, 5.74) is 0. The Morgan fingerprint density at radius 1 is 0.625 bits per heavy atom. The van der Waals surface area contributed by atoms with Crippen molar-refractivity contribution in [3.63, 3.8) is 0 Å². The number of hydrogen-bond acceptors (Lipinski definition) is 0. The van der Waals surface area contributed by atoms with Gasteiger partial charge >= 0.3 is 120 Å². The third-order valence-corrected chi connectivity index (χ3v) is 3.92. The number of unbranched alkanes of at least 4 members (excludes halogenated alkanes) is 8. The van der Waals surface area contributed by atoms with Gasteiger partial charge in [-0.2, -0.15) is 13.2 Å². The maximum atomic E-state index is 11.8. The van der Waals surface area contributed by atoms with Gasteiger partial charge in [0.2, 0.25) is 0 Å². The summed E-state index contributed by atoms with van der Waals surface area (Å²) >= 11 is 1.01. The first-order chi connectivity index (χ1) is 7.56. The summed E-state index contributed by atoms with van der Waals surface area (Å²) in [6.07, 6.45) is 5.12. The molecule has 0 unspecified atom stereocenters. The van der Waals surface area contributed by atoms with E-state index in [1.54, 1.807) is 0 Å². The third kappa shape index (κ3) is 15.4. The fraction of sp³-hybridized carbons (Fsp3) is 1.00. The van der Waals surface area contributed by atoms with E-state index < -0.39 is 12.6 Å². The molecular weight excluding hydrogens is 240 g/mol. The Morgan fingerprint density at radius 3 is 1.38 bits per heavy atom. The first-order valence-electron chi connectivity index (χ1n) is 6.63. The monoisotopic (exact) mass is 262 g/mol. The van der Waals surface area contributed by atoms with Gasteiger partial charge in [-0.05, 0) is 0 Å². The predicted molar refractivity (Wildman–Crippen MR) is 62.8 cm³/mol. The number of rotatable bonds is 10. The average molecular weight is 262 g/mol. The Balaban J connectivity index is 2.99. The Labute approximate surface area is 131 Å². The molecule has 0 aromatic carbocycles. The van der Waals surface area contributed by atoms with E-state index in [1.807, 2.05) is 0 Å². The SMILES string of the molecule is FC(F)(F)CCCCCCCCCC[CH2][K]. The van der Waals surface area contributed by atoms with Crippen molar-refractivity contribution in [2.75, 3.05) is 0 Å². The van der Waals surface area contributed by atoms with Gasteiger partial charge in [0.15, 0.2) is 0 Å². The molecule has 0 rings (SSSR count). The van der Waals surface area contributed by atoms with Crippen LogP contribution in [0.5, 0.6) is 0 Å². The van der Waals surface area contributed by atoms with Crippen LogP contribution < -0.4 is 0 Å². The molecule has 0 radical (unpaired) electrons. The van der Waals surface area contributed by atoms with Crippen LogP contribution >= 0.6 is 0 Å². The summed E-state index contributed by atoms with van der Waals surface area (Å²) in [5.74, 6) is 0. The van der Waals surface area contributed by atoms with Crippen molar-refractivity contribution in [3.8, 4) is 0 Å². The molecule has 0 aliphatic carbocycles. The number of hydrogen-bond donors (Lipinski definition) is 0. The van der Waals surface area contributed by atoms with Crippen LogP contribution in [0.2, 0.25) is 0.515 Å². The molecule has 4 heteroatoms. The van der Waals surface area contributed by atoms with Gasteiger partial charge in [0.05, 0.1) is 0 Å². The molecule has 16 heavy (non-hydrogen) atoms. The summed E-state index contributed by atoms with van der Waals surface area (Å²) in [6, 6.07) is 0. The molecule has 0 fully saturated rings. The van der Waals surface area contributed by atoms with Gasteiger partial charge in [0.25, 0.3) is 0 Å². The first kappa shape index (κ1) is 17.4. The number of halogens is 3. The summed E-state index contributed by atoms with van der Waals surface area (Å²) in [4.78, 5) is 0. The van der Waals surface area contributed by atoms with Crippen LogP contribution in [0.15, 0.2) is 0 Å². The molecule has 0 aromatic rings. The Bertz CT molecular complexity index is 146. The van der Waals surface area contributed by atoms with E-state index in [2.05, 4.69) is 0 Å². The minimum absolute atomic E-state index is 0.311. The van der Waals surface area contributed by atoms with Crippen LogP contribution in [0.25, 0.3) is 0 Å². The van der Waals surface area contributed by atoms with Gasteiger partial charge in [-0.3, -0.25) is 0 Å². The van der Waals surface area contributed by atoms with E-state index in [9.17, 15) is 13.2 Å². The van der Waals surface area contributed by atoms with Crippen molar-refractivity contribution < 1.29 is 13.2 Å². The van der Waals surface area contributed by atoms with Crippen LogP contribution in [0.1, 0.15) is 64.2 Å². The topological polar surface area (TPSA) is 0 Å². The molecular formula is C12H22F3K. The normalized spacial score (nSPS) is 12.1. The maximum absolute atomic E-state index is 11.8. The standard InChI is InChI=1S/C12H22F3.K/c1-2-3-4-5-6-7-8-9-10-11-12(13,14)15;/h1-11H2;. The molecule has 0 heterocycles. The van der Waals surface area contributed by atoms with E-state index in [0.29, 0.717) is 6.42 Å². The molecule has 0 saturated heterocycles. The number of alkyl halides is 3. The van der Waals surface area contributed by atoms with Crippen LogP contribution in [0.3, 0.4) is 0 Å². The van der Waals surface area contributed by atoms with E-state index in [-0.39, 0.29) is 0 Å². The molecule has 92 valence electrons. The quantitative estimate of drug-likeness (QED) is 0.382. The van der Waals surface area contributed by atoms with Crippen LogP contribution in [-0.2, 0) is 0 Å². The second kappa shape index (κ2) is 11.5. The second-order valence-corrected chi connectivity index (χ2v) is 6.11. The van der Waals surface area contributed by atoms with Gasteiger partial charge in [-0.15, -0.1) is 0 Å². The first-order valence-corrected chi connectivity index (χ1v) is 8.84. The van der Waals surface area contributed by atoms with Crippen LogP contribution in [-0.4, -0.2) is 55.1 Å². The molecule has 0 aliphatic rings. The molecule has 0 N–H and O–H groups in total. The predicted octanol–water partition coefficient (Wildman–Crippen LogP) is 5.04. The van der Waals surface area contributed by atoms with Crippen LogP contribution in [0.4, 0.5) is 13.2 Å². The summed E-state index contributed by atoms with van der Waals surface area (Å²) in [6.45, 7) is 0. The zero-order valence-corrected chi connectivity index (χ0v) is 13.5. The van der Waals surface area contributed by atoms with Gasteiger partial charge in [0, 0.05) is 0 Å². The molecule has 0 aromatic heterocycles. The van der Waals surface area contributed by atoms with E-state index >= 15 is 0 Å². The fourth-order valence-electron chi connectivity index (χ4n) is 1.81. The summed E-state index contributed by atoms with van der Waals surface area (Å²) in [5, 5.41) is 0. The van der Waals surface area contributed by atoms with Crippen molar-refractivity contribution in [3.05, 3.63) is 0 Å². The zero-order valence-electron chi connectivity index (χ0n) is 10.4. The van der Waals surface area contributed by atoms with Crippen molar-refractivity contribution >= 4 is 49.0 Å². The second-order valence-electron chi connectivity index (χ2n) is 4.55. The van der Waals surface area contributed by atoms with Crippen molar-refractivity contribution in [2.24, 2.45) is 0 Å². The molecule has 0 nitrogen and oxygen atoms in total. The summed E-state index contributed by atoms with van der Waals surface area (Å²) in [7, 11) is 0. The van der Waals surface area contributed by atoms with Crippen molar-refractivity contribution in [1.82, 2.24) is 0 Å². The molecule has 0 bridgehead atoms. The Hall–Kier alpha value is 1.43. The van der Waals surface area contributed by atoms with Crippen molar-refractivity contribution in [2.45, 2.75) is 70.9 Å².